The van der Waals surface area contributed by atoms with Crippen molar-refractivity contribution in [2.24, 2.45) is 11.8 Å². The van der Waals surface area contributed by atoms with Gasteiger partial charge >= 0.3 is 0 Å². The third-order valence-corrected chi connectivity index (χ3v) is 33.8. The molecule has 15 heteroatoms. The van der Waals surface area contributed by atoms with E-state index in [1.54, 1.807) is 37.4 Å². The number of ketones is 1. The Bertz CT molecular complexity index is 2540. The summed E-state index contributed by atoms with van der Waals surface area (Å²) in [5.74, 6) is -1.64. The van der Waals surface area contributed by atoms with Gasteiger partial charge in [0.25, 0.3) is 8.32 Å². The zero-order chi connectivity index (χ0) is 57.3. The number of Topliss-reactive ketones (excluding diaryl/α,β-unsaturated/α-hetero) is 1. The fraction of sp³-hybridized carbons (Fsp3) is 0.603. The first-order valence-corrected chi connectivity index (χ1v) is 37.7. The number of rotatable bonds is 27. The van der Waals surface area contributed by atoms with Crippen LogP contribution in [0.5, 0.6) is 5.75 Å². The van der Waals surface area contributed by atoms with Gasteiger partial charge in [0.1, 0.15) is 29.3 Å². The summed E-state index contributed by atoms with van der Waals surface area (Å²) in [5, 5.41) is 0.575. The molecular formula is C63H96O11SSi3. The molecule has 0 radical (unpaired) electrons. The van der Waals surface area contributed by atoms with Crippen molar-refractivity contribution in [1.29, 1.82) is 0 Å². The molecule has 0 aromatic heterocycles. The highest BCUT2D eigenvalue weighted by molar-refractivity contribution is 7.92. The van der Waals surface area contributed by atoms with Gasteiger partial charge in [0.15, 0.2) is 38.0 Å². The minimum absolute atomic E-state index is 0.0740. The summed E-state index contributed by atoms with van der Waals surface area (Å²) in [4.78, 5) is 16.0. The maximum atomic E-state index is 15.9. The second-order valence-corrected chi connectivity index (χ2v) is 41.0. The van der Waals surface area contributed by atoms with Crippen molar-refractivity contribution in [2.75, 3.05) is 20.3 Å². The molecule has 0 bridgehead atoms. The van der Waals surface area contributed by atoms with Gasteiger partial charge in [-0.05, 0) is 121 Å². The lowest BCUT2D eigenvalue weighted by Gasteiger charge is -2.51. The molecule has 2 heterocycles. The molecule has 0 spiro atoms. The van der Waals surface area contributed by atoms with E-state index in [2.05, 4.69) is 143 Å². The van der Waals surface area contributed by atoms with E-state index >= 15 is 13.2 Å². The lowest BCUT2D eigenvalue weighted by molar-refractivity contribution is -0.353. The Labute approximate surface area is 473 Å². The summed E-state index contributed by atoms with van der Waals surface area (Å²) < 4.78 is 85.3. The molecule has 4 aromatic rings. The van der Waals surface area contributed by atoms with Crippen molar-refractivity contribution in [3.8, 4) is 5.75 Å². The first kappa shape index (κ1) is 63.8. The Morgan fingerprint density at radius 1 is 0.756 bits per heavy atom. The van der Waals surface area contributed by atoms with Gasteiger partial charge in [-0.25, -0.2) is 8.42 Å². The standard InChI is InChI=1S/C63H96O11SSi3/c1-17-77(18-2,19-3)74-53(37-29-30-42-70-78(62(9,10)11,51-33-25-21-26-34-51)52-35-27-22-28-36-52)46(4)54(73-76(15,16)61(6,7)8)43-56(75(65,66)50-31-23-20-24-32-50)57(64)58-47(5)59(60-55(71-58)45-69-63(12,13)72-60)68-44-48-38-40-49(67-14)41-39-48/h20-28,31-36,38-41,46-47,53-56,58-60H,17-19,29-30,37,42-45H2,1-16H3/t46-,47-,53-,54-,55+,56?,58+,59+,60+/m0/s1. The predicted molar refractivity (Wildman–Crippen MR) is 322 cm³/mol. The average Bonchev–Trinajstić information content (AvgIpc) is 3.51. The molecule has 0 aliphatic carbocycles. The van der Waals surface area contributed by atoms with Gasteiger partial charge in [0.05, 0.1) is 43.5 Å². The molecule has 0 amide bonds. The second kappa shape index (κ2) is 26.7. The number of ether oxygens (including phenoxy) is 5. The molecule has 9 atom stereocenters. The van der Waals surface area contributed by atoms with E-state index in [0.29, 0.717) is 6.61 Å². The average molecular weight is 1150 g/mol. The molecule has 1 unspecified atom stereocenters. The monoisotopic (exact) mass is 1140 g/mol. The van der Waals surface area contributed by atoms with Crippen molar-refractivity contribution in [3.05, 3.63) is 121 Å². The fourth-order valence-electron chi connectivity index (χ4n) is 11.4. The minimum Gasteiger partial charge on any atom is -0.497 e. The van der Waals surface area contributed by atoms with E-state index in [1.165, 1.54) is 10.4 Å². The van der Waals surface area contributed by atoms with Gasteiger partial charge in [0, 0.05) is 18.4 Å². The molecule has 4 aromatic carbocycles. The summed E-state index contributed by atoms with van der Waals surface area (Å²) in [7, 11) is -10.4. The number of sulfone groups is 1. The summed E-state index contributed by atoms with van der Waals surface area (Å²) in [6.07, 6.45) is -1.80. The Morgan fingerprint density at radius 3 is 1.82 bits per heavy atom. The number of hydrogen-bond donors (Lipinski definition) is 0. The van der Waals surface area contributed by atoms with E-state index in [0.717, 1.165) is 48.7 Å². The predicted octanol–water partition coefficient (Wildman–Crippen LogP) is 13.1. The van der Waals surface area contributed by atoms with Crippen LogP contribution in [-0.2, 0) is 53.5 Å². The first-order chi connectivity index (χ1) is 36.7. The first-order valence-electron chi connectivity index (χ1n) is 28.8. The fourth-order valence-corrected chi connectivity index (χ4v) is 22.1. The number of carbonyl (C=O) groups is 1. The van der Waals surface area contributed by atoms with E-state index in [-0.39, 0.29) is 46.6 Å². The SMILES string of the molecule is CC[Si](CC)(CC)O[C@@H](CCCCO[Si](c1ccccc1)(c1ccccc1)C(C)(C)C)[C@H](C)[C@H](CC(C(=O)[C@@H]1O[C@@H]2COC(C)(C)O[C@H]2[C@H](OCc2ccc(OC)cc2)[C@H]1C)S(=O)(=O)c1ccccc1)O[Si](C)(C)C(C)(C)C. The van der Waals surface area contributed by atoms with Gasteiger partial charge in [-0.2, -0.15) is 0 Å². The molecule has 2 aliphatic heterocycles. The maximum Gasteiger partial charge on any atom is 0.261 e. The van der Waals surface area contributed by atoms with Crippen molar-refractivity contribution >= 4 is 50.9 Å². The largest absolute Gasteiger partial charge is 0.497 e. The van der Waals surface area contributed by atoms with Crippen LogP contribution in [0.2, 0.25) is 41.3 Å². The molecule has 78 heavy (non-hydrogen) atoms. The van der Waals surface area contributed by atoms with Crippen molar-refractivity contribution in [2.45, 2.75) is 216 Å². The summed E-state index contributed by atoms with van der Waals surface area (Å²) in [6.45, 7) is 33.4. The highest BCUT2D eigenvalue weighted by Crippen LogP contribution is 2.44. The van der Waals surface area contributed by atoms with Crippen LogP contribution in [0.15, 0.2) is 120 Å². The number of unbranched alkanes of at least 4 members (excludes halogenated alkanes) is 1. The quantitative estimate of drug-likeness (QED) is 0.0418. The van der Waals surface area contributed by atoms with E-state index < -0.39 is 88.0 Å². The van der Waals surface area contributed by atoms with Crippen molar-refractivity contribution in [1.82, 2.24) is 0 Å². The summed E-state index contributed by atoms with van der Waals surface area (Å²) in [5.41, 5.74) is 0.911. The molecule has 11 nitrogen and oxygen atoms in total. The molecule has 432 valence electrons. The van der Waals surface area contributed by atoms with Gasteiger partial charge < -0.3 is 37.0 Å². The number of hydrogen-bond acceptors (Lipinski definition) is 11. The van der Waals surface area contributed by atoms with Gasteiger partial charge in [-0.1, -0.05) is 167 Å². The van der Waals surface area contributed by atoms with Crippen molar-refractivity contribution < 1.29 is 50.2 Å². The van der Waals surface area contributed by atoms with Gasteiger partial charge in [-0.15, -0.1) is 0 Å². The van der Waals surface area contributed by atoms with Crippen LogP contribution in [-0.4, -0.2) is 107 Å². The number of carbonyl (C=O) groups excluding carboxylic acids is 1. The molecule has 6 rings (SSSR count). The van der Waals surface area contributed by atoms with Crippen LogP contribution < -0.4 is 15.1 Å². The van der Waals surface area contributed by atoms with Crippen LogP contribution in [0.1, 0.15) is 121 Å². The molecule has 2 fully saturated rings. The molecule has 2 saturated heterocycles. The second-order valence-electron chi connectivity index (χ2n) is 25.0. The van der Waals surface area contributed by atoms with Crippen LogP contribution in [0.3, 0.4) is 0 Å². The summed E-state index contributed by atoms with van der Waals surface area (Å²) in [6, 6.07) is 40.4. The third-order valence-electron chi connectivity index (χ3n) is 17.5. The number of fused-ring (bicyclic) bond motifs is 1. The van der Waals surface area contributed by atoms with Crippen LogP contribution in [0.4, 0.5) is 0 Å². The lowest BCUT2D eigenvalue weighted by Crippen LogP contribution is -2.66. The normalized spacial score (nSPS) is 22.0. The van der Waals surface area contributed by atoms with E-state index in [4.69, 9.17) is 37.0 Å². The van der Waals surface area contributed by atoms with E-state index in [1.807, 2.05) is 45.0 Å². The Morgan fingerprint density at radius 2 is 1.31 bits per heavy atom. The number of methoxy groups -OCH3 is 1. The number of benzene rings is 4. The molecule has 0 saturated carbocycles. The van der Waals surface area contributed by atoms with Gasteiger partial charge in [-0.3, -0.25) is 4.79 Å². The Kier molecular flexibility index (Phi) is 21.9. The highest BCUT2D eigenvalue weighted by Gasteiger charge is 2.56. The Balaban J connectivity index is 1.38. The lowest BCUT2D eigenvalue weighted by atomic mass is 9.83. The van der Waals surface area contributed by atoms with Crippen LogP contribution >= 0.6 is 0 Å². The maximum absolute atomic E-state index is 15.9. The smallest absolute Gasteiger partial charge is 0.261 e. The topological polar surface area (TPSA) is 125 Å². The zero-order valence-electron chi connectivity index (χ0n) is 50.1. The van der Waals surface area contributed by atoms with Crippen LogP contribution in [0.25, 0.3) is 0 Å². The third kappa shape index (κ3) is 14.8. The van der Waals surface area contributed by atoms with E-state index in [9.17, 15) is 0 Å². The van der Waals surface area contributed by atoms with Gasteiger partial charge in [0.2, 0.25) is 0 Å². The molecule has 0 N–H and O–H groups in total. The Hall–Kier alpha value is -3.33. The van der Waals surface area contributed by atoms with Crippen molar-refractivity contribution in [3.63, 3.8) is 0 Å². The molecular weight excluding hydrogens is 1050 g/mol. The van der Waals surface area contributed by atoms with Crippen LogP contribution in [0, 0.1) is 11.8 Å². The highest BCUT2D eigenvalue weighted by atomic mass is 32.2. The summed E-state index contributed by atoms with van der Waals surface area (Å²) >= 11 is 0. The molecule has 2 aliphatic rings. The minimum atomic E-state index is -4.35. The zero-order valence-corrected chi connectivity index (χ0v) is 54.0.